The number of ether oxygens (including phenoxy) is 1. The van der Waals surface area contributed by atoms with Crippen LogP contribution in [0.15, 0.2) is 18.2 Å². The molecule has 2 aliphatic rings. The van der Waals surface area contributed by atoms with Crippen LogP contribution in [-0.4, -0.2) is 45.0 Å². The van der Waals surface area contributed by atoms with Crippen molar-refractivity contribution < 1.29 is 29.6 Å². The SMILES string of the molecule is Cl.NC1(C(=O)O)C(OCc2ccc(Cl)c(Cl)c2)C(O)C2C(C(=O)O)C21. The van der Waals surface area contributed by atoms with Gasteiger partial charge in [-0.15, -0.1) is 12.4 Å². The molecular formula is C15H16Cl3NO6. The van der Waals surface area contributed by atoms with E-state index in [0.29, 0.717) is 15.6 Å². The number of rotatable bonds is 5. The highest BCUT2D eigenvalue weighted by molar-refractivity contribution is 6.42. The van der Waals surface area contributed by atoms with E-state index in [0.717, 1.165) is 0 Å². The highest BCUT2D eigenvalue weighted by Crippen LogP contribution is 2.62. The topological polar surface area (TPSA) is 130 Å². The van der Waals surface area contributed by atoms with Gasteiger partial charge in [-0.2, -0.15) is 0 Å². The van der Waals surface area contributed by atoms with Crippen LogP contribution in [0, 0.1) is 17.8 Å². The van der Waals surface area contributed by atoms with Crippen molar-refractivity contribution >= 4 is 47.5 Å². The number of hydrogen-bond donors (Lipinski definition) is 4. The zero-order chi connectivity index (χ0) is 17.8. The number of aliphatic hydroxyl groups is 1. The second kappa shape index (κ2) is 6.90. The minimum atomic E-state index is -1.95. The minimum absolute atomic E-state index is 0. The molecule has 0 bridgehead atoms. The number of fused-ring (bicyclic) bond motifs is 1. The van der Waals surface area contributed by atoms with Crippen molar-refractivity contribution in [1.29, 1.82) is 0 Å². The molecule has 2 aliphatic carbocycles. The standard InChI is InChI=1S/C15H15Cl2NO6.ClH/c16-6-2-1-5(3-7(6)17)4-24-12-11(19)8-9(13(20)21)10(8)15(12,18)14(22)23;/h1-3,8-12,19H,4,18H2,(H,20,21)(H,22,23);1H. The molecule has 0 spiro atoms. The first-order chi connectivity index (χ1) is 11.2. The Hall–Kier alpha value is -1.09. The van der Waals surface area contributed by atoms with Crippen LogP contribution < -0.4 is 5.73 Å². The van der Waals surface area contributed by atoms with Gasteiger partial charge in [-0.1, -0.05) is 29.3 Å². The molecule has 0 amide bonds. The van der Waals surface area contributed by atoms with Gasteiger partial charge in [0.2, 0.25) is 0 Å². The Kier molecular flexibility index (Phi) is 5.59. The quantitative estimate of drug-likeness (QED) is 0.575. The van der Waals surface area contributed by atoms with Gasteiger partial charge in [-0.3, -0.25) is 9.59 Å². The number of aliphatic hydroxyl groups excluding tert-OH is 1. The lowest BCUT2D eigenvalue weighted by atomic mass is 9.88. The fourth-order valence-electron chi connectivity index (χ4n) is 3.68. The molecule has 0 aromatic heterocycles. The number of nitrogens with two attached hydrogens (primary N) is 1. The molecule has 3 rings (SSSR count). The largest absolute Gasteiger partial charge is 0.481 e. The molecule has 0 aliphatic heterocycles. The molecule has 0 radical (unpaired) electrons. The number of carboxylic acids is 2. The fourth-order valence-corrected chi connectivity index (χ4v) is 4.00. The summed E-state index contributed by atoms with van der Waals surface area (Å²) in [6, 6.07) is 4.78. The fraction of sp³-hybridized carbons (Fsp3) is 0.467. The Morgan fingerprint density at radius 2 is 1.88 bits per heavy atom. The second-order valence-electron chi connectivity index (χ2n) is 6.18. The van der Waals surface area contributed by atoms with Gasteiger partial charge in [0.15, 0.2) is 0 Å². The van der Waals surface area contributed by atoms with Crippen LogP contribution in [0.25, 0.3) is 0 Å². The van der Waals surface area contributed by atoms with Crippen molar-refractivity contribution in [3.05, 3.63) is 33.8 Å². The summed E-state index contributed by atoms with van der Waals surface area (Å²) in [6.07, 6.45) is -2.48. The summed E-state index contributed by atoms with van der Waals surface area (Å²) in [5, 5.41) is 29.6. The summed E-state index contributed by atoms with van der Waals surface area (Å²) < 4.78 is 5.55. The Balaban J connectivity index is 0.00000225. The Morgan fingerprint density at radius 3 is 2.40 bits per heavy atom. The van der Waals surface area contributed by atoms with E-state index in [4.69, 9.17) is 38.8 Å². The smallest absolute Gasteiger partial charge is 0.326 e. The summed E-state index contributed by atoms with van der Waals surface area (Å²) in [7, 11) is 0. The number of halogens is 3. The number of aliphatic carboxylic acids is 2. The molecule has 7 nitrogen and oxygen atoms in total. The van der Waals surface area contributed by atoms with Gasteiger partial charge in [-0.25, -0.2) is 0 Å². The van der Waals surface area contributed by atoms with Crippen molar-refractivity contribution in [2.75, 3.05) is 0 Å². The molecule has 6 unspecified atom stereocenters. The van der Waals surface area contributed by atoms with E-state index < -0.39 is 47.4 Å². The van der Waals surface area contributed by atoms with E-state index in [1.54, 1.807) is 18.2 Å². The molecule has 1 aromatic carbocycles. The van der Waals surface area contributed by atoms with Gasteiger partial charge >= 0.3 is 11.9 Å². The first-order valence-electron chi connectivity index (χ1n) is 7.18. The predicted molar refractivity (Wildman–Crippen MR) is 91.0 cm³/mol. The molecular weight excluding hydrogens is 397 g/mol. The summed E-state index contributed by atoms with van der Waals surface area (Å²) in [5.74, 6) is -5.10. The van der Waals surface area contributed by atoms with Crippen molar-refractivity contribution in [2.24, 2.45) is 23.5 Å². The van der Waals surface area contributed by atoms with Gasteiger partial charge in [-0.05, 0) is 17.7 Å². The molecule has 6 atom stereocenters. The van der Waals surface area contributed by atoms with Crippen molar-refractivity contribution in [2.45, 2.75) is 24.4 Å². The molecule has 2 saturated carbocycles. The van der Waals surface area contributed by atoms with Crippen molar-refractivity contribution in [1.82, 2.24) is 0 Å². The molecule has 10 heteroatoms. The van der Waals surface area contributed by atoms with Gasteiger partial charge in [0, 0.05) is 11.8 Å². The lowest BCUT2D eigenvalue weighted by molar-refractivity contribution is -0.157. The normalized spacial score (nSPS) is 35.6. The van der Waals surface area contributed by atoms with E-state index in [-0.39, 0.29) is 19.0 Å². The van der Waals surface area contributed by atoms with Crippen LogP contribution in [0.1, 0.15) is 5.56 Å². The average molecular weight is 413 g/mol. The number of hydrogen-bond acceptors (Lipinski definition) is 5. The summed E-state index contributed by atoms with van der Waals surface area (Å²) in [5.41, 5.74) is 4.64. The summed E-state index contributed by atoms with van der Waals surface area (Å²) in [4.78, 5) is 22.8. The maximum absolute atomic E-state index is 11.6. The van der Waals surface area contributed by atoms with Crippen LogP contribution in [0.4, 0.5) is 0 Å². The van der Waals surface area contributed by atoms with E-state index in [9.17, 15) is 19.8 Å². The zero-order valence-electron chi connectivity index (χ0n) is 12.6. The first-order valence-corrected chi connectivity index (χ1v) is 7.93. The second-order valence-corrected chi connectivity index (χ2v) is 6.99. The number of carbonyl (C=O) groups is 2. The maximum atomic E-state index is 11.6. The van der Waals surface area contributed by atoms with Crippen LogP contribution >= 0.6 is 35.6 Å². The Labute approximate surface area is 159 Å². The van der Waals surface area contributed by atoms with Crippen LogP contribution in [0.2, 0.25) is 10.0 Å². The van der Waals surface area contributed by atoms with E-state index >= 15 is 0 Å². The first kappa shape index (κ1) is 20.2. The van der Waals surface area contributed by atoms with Crippen molar-refractivity contribution in [3.63, 3.8) is 0 Å². The highest BCUT2D eigenvalue weighted by atomic mass is 35.5. The van der Waals surface area contributed by atoms with Crippen LogP contribution in [0.3, 0.4) is 0 Å². The monoisotopic (exact) mass is 411 g/mol. The molecule has 1 aromatic rings. The molecule has 0 saturated heterocycles. The minimum Gasteiger partial charge on any atom is -0.481 e. The van der Waals surface area contributed by atoms with Gasteiger partial charge in [0.25, 0.3) is 0 Å². The molecule has 0 heterocycles. The zero-order valence-corrected chi connectivity index (χ0v) is 15.0. The van der Waals surface area contributed by atoms with Gasteiger partial charge in [0.05, 0.1) is 28.7 Å². The number of carboxylic acid groups (broad SMARTS) is 2. The average Bonchev–Trinajstić information content (AvgIpc) is 3.21. The molecule has 138 valence electrons. The van der Waals surface area contributed by atoms with E-state index in [2.05, 4.69) is 0 Å². The Bertz CT molecular complexity index is 717. The predicted octanol–water partition coefficient (Wildman–Crippen LogP) is 1.40. The lowest BCUT2D eigenvalue weighted by Crippen LogP contribution is -2.61. The third kappa shape index (κ3) is 3.09. The van der Waals surface area contributed by atoms with Crippen LogP contribution in [0.5, 0.6) is 0 Å². The third-order valence-corrected chi connectivity index (χ3v) is 5.61. The lowest BCUT2D eigenvalue weighted by Gasteiger charge is -2.32. The number of benzene rings is 1. The highest BCUT2D eigenvalue weighted by Gasteiger charge is 2.78. The maximum Gasteiger partial charge on any atom is 0.326 e. The van der Waals surface area contributed by atoms with Crippen molar-refractivity contribution in [3.8, 4) is 0 Å². The summed E-state index contributed by atoms with van der Waals surface area (Å²) >= 11 is 11.7. The molecule has 5 N–H and O–H groups in total. The molecule has 25 heavy (non-hydrogen) atoms. The van der Waals surface area contributed by atoms with Crippen LogP contribution in [-0.2, 0) is 20.9 Å². The third-order valence-electron chi connectivity index (χ3n) is 4.87. The van der Waals surface area contributed by atoms with Gasteiger partial charge < -0.3 is 25.8 Å². The van der Waals surface area contributed by atoms with E-state index in [1.807, 2.05) is 0 Å². The molecule has 2 fully saturated rings. The van der Waals surface area contributed by atoms with Gasteiger partial charge in [0.1, 0.15) is 11.6 Å². The Morgan fingerprint density at radius 1 is 1.24 bits per heavy atom. The van der Waals surface area contributed by atoms with E-state index in [1.165, 1.54) is 0 Å². The summed E-state index contributed by atoms with van der Waals surface area (Å²) in [6.45, 7) is -0.0397.